The van der Waals surface area contributed by atoms with E-state index in [0.717, 1.165) is 30.6 Å². The van der Waals surface area contributed by atoms with E-state index in [1.165, 1.54) is 5.56 Å². The van der Waals surface area contributed by atoms with Gasteiger partial charge in [-0.15, -0.1) is 0 Å². The number of aryl methyl sites for hydroxylation is 1. The molecule has 0 bridgehead atoms. The zero-order chi connectivity index (χ0) is 19.8. The van der Waals surface area contributed by atoms with Gasteiger partial charge < -0.3 is 15.0 Å². The van der Waals surface area contributed by atoms with Crippen molar-refractivity contribution in [1.82, 2.24) is 10.2 Å². The molecule has 2 aromatic carbocycles. The quantitative estimate of drug-likeness (QED) is 0.681. The maximum atomic E-state index is 12.4. The van der Waals surface area contributed by atoms with Crippen molar-refractivity contribution < 1.29 is 14.3 Å². The Balaban J connectivity index is 1.41. The lowest BCUT2D eigenvalue weighted by molar-refractivity contribution is -0.129. The van der Waals surface area contributed by atoms with Gasteiger partial charge in [-0.1, -0.05) is 48.5 Å². The fourth-order valence-corrected chi connectivity index (χ4v) is 3.62. The lowest BCUT2D eigenvalue weighted by atomic mass is 10.1. The van der Waals surface area contributed by atoms with Crippen LogP contribution in [0.25, 0.3) is 0 Å². The molecule has 0 radical (unpaired) electrons. The second-order valence-corrected chi connectivity index (χ2v) is 7.18. The number of carbonyl (C=O) groups is 2. The predicted octanol–water partition coefficient (Wildman–Crippen LogP) is 2.84. The number of methoxy groups -OCH3 is 1. The lowest BCUT2D eigenvalue weighted by Gasteiger charge is -2.17. The summed E-state index contributed by atoms with van der Waals surface area (Å²) in [5.74, 6) is 0.629. The highest BCUT2D eigenvalue weighted by Crippen LogP contribution is 2.21. The lowest BCUT2D eigenvalue weighted by Crippen LogP contribution is -2.34. The molecule has 1 aliphatic rings. The Morgan fingerprint density at radius 2 is 1.86 bits per heavy atom. The van der Waals surface area contributed by atoms with Crippen molar-refractivity contribution in [1.29, 1.82) is 0 Å². The van der Waals surface area contributed by atoms with Gasteiger partial charge in [-0.05, 0) is 36.5 Å². The van der Waals surface area contributed by atoms with Crippen LogP contribution in [0, 0.1) is 5.92 Å². The Hall–Kier alpha value is -2.82. The van der Waals surface area contributed by atoms with Gasteiger partial charge in [0, 0.05) is 26.1 Å². The molecular formula is C23H28N2O3. The number of amides is 2. The summed E-state index contributed by atoms with van der Waals surface area (Å²) in [7, 11) is 1.65. The fraction of sp³-hybridized carbons (Fsp3) is 0.391. The SMILES string of the molecule is COc1ccccc1CCN1CC(C(=O)NCCCc2ccccc2)CC1=O. The summed E-state index contributed by atoms with van der Waals surface area (Å²) in [4.78, 5) is 26.5. The third-order valence-corrected chi connectivity index (χ3v) is 5.21. The Morgan fingerprint density at radius 3 is 2.64 bits per heavy atom. The van der Waals surface area contributed by atoms with Crippen molar-refractivity contribution in [2.24, 2.45) is 5.92 Å². The summed E-state index contributed by atoms with van der Waals surface area (Å²) in [5, 5.41) is 2.99. The first-order valence-electron chi connectivity index (χ1n) is 9.88. The molecule has 0 saturated carbocycles. The largest absolute Gasteiger partial charge is 0.496 e. The minimum atomic E-state index is -0.248. The maximum absolute atomic E-state index is 12.4. The Morgan fingerprint density at radius 1 is 1.11 bits per heavy atom. The van der Waals surface area contributed by atoms with Gasteiger partial charge in [-0.2, -0.15) is 0 Å². The van der Waals surface area contributed by atoms with Gasteiger partial charge in [-0.25, -0.2) is 0 Å². The first kappa shape index (κ1) is 19.9. The number of carbonyl (C=O) groups excluding carboxylic acids is 2. The topological polar surface area (TPSA) is 58.6 Å². The van der Waals surface area contributed by atoms with Crippen LogP contribution in [0.1, 0.15) is 24.0 Å². The van der Waals surface area contributed by atoms with Crippen LogP contribution in [0.5, 0.6) is 5.75 Å². The number of hydrogen-bond donors (Lipinski definition) is 1. The number of benzene rings is 2. The first-order valence-corrected chi connectivity index (χ1v) is 9.88. The van der Waals surface area contributed by atoms with Gasteiger partial charge in [-0.3, -0.25) is 9.59 Å². The minimum absolute atomic E-state index is 0.0128. The summed E-state index contributed by atoms with van der Waals surface area (Å²) < 4.78 is 5.37. The summed E-state index contributed by atoms with van der Waals surface area (Å²) in [5.41, 5.74) is 2.35. The molecule has 0 spiro atoms. The van der Waals surface area contributed by atoms with Gasteiger partial charge >= 0.3 is 0 Å². The van der Waals surface area contributed by atoms with Gasteiger partial charge in [0.05, 0.1) is 13.0 Å². The van der Waals surface area contributed by atoms with E-state index in [-0.39, 0.29) is 17.7 Å². The molecule has 2 amide bonds. The summed E-state index contributed by atoms with van der Waals surface area (Å²) in [6.07, 6.45) is 2.86. The van der Waals surface area contributed by atoms with Crippen molar-refractivity contribution in [2.75, 3.05) is 26.7 Å². The fourth-order valence-electron chi connectivity index (χ4n) is 3.62. The van der Waals surface area contributed by atoms with Crippen LogP contribution in [0.15, 0.2) is 54.6 Å². The second kappa shape index (κ2) is 9.93. The summed E-state index contributed by atoms with van der Waals surface area (Å²) in [6, 6.07) is 18.1. The molecule has 28 heavy (non-hydrogen) atoms. The molecule has 1 atom stereocenters. The molecule has 3 rings (SSSR count). The highest BCUT2D eigenvalue weighted by Gasteiger charge is 2.33. The summed E-state index contributed by atoms with van der Waals surface area (Å²) >= 11 is 0. The van der Waals surface area contributed by atoms with Crippen molar-refractivity contribution in [3.8, 4) is 5.75 Å². The smallest absolute Gasteiger partial charge is 0.225 e. The Bertz CT molecular complexity index is 791. The molecule has 2 aromatic rings. The van der Waals surface area contributed by atoms with E-state index in [2.05, 4.69) is 17.4 Å². The second-order valence-electron chi connectivity index (χ2n) is 7.18. The van der Waals surface area contributed by atoms with E-state index < -0.39 is 0 Å². The van der Waals surface area contributed by atoms with Crippen molar-refractivity contribution in [3.05, 3.63) is 65.7 Å². The number of para-hydroxylation sites is 1. The molecule has 1 unspecified atom stereocenters. The number of rotatable bonds is 9. The van der Waals surface area contributed by atoms with Gasteiger partial charge in [0.2, 0.25) is 11.8 Å². The number of nitrogens with zero attached hydrogens (tertiary/aromatic N) is 1. The van der Waals surface area contributed by atoms with Gasteiger partial charge in [0.15, 0.2) is 0 Å². The molecule has 1 N–H and O–H groups in total. The van der Waals surface area contributed by atoms with E-state index >= 15 is 0 Å². The number of likely N-dealkylation sites (tertiary alicyclic amines) is 1. The van der Waals surface area contributed by atoms with Crippen molar-refractivity contribution in [2.45, 2.75) is 25.7 Å². The van der Waals surface area contributed by atoms with Crippen LogP contribution in [0.4, 0.5) is 0 Å². The van der Waals surface area contributed by atoms with E-state index in [1.807, 2.05) is 42.5 Å². The Kier molecular flexibility index (Phi) is 7.06. The third-order valence-electron chi connectivity index (χ3n) is 5.21. The number of ether oxygens (including phenoxy) is 1. The van der Waals surface area contributed by atoms with Crippen molar-refractivity contribution >= 4 is 11.8 Å². The zero-order valence-electron chi connectivity index (χ0n) is 16.4. The van der Waals surface area contributed by atoms with Gasteiger partial charge in [0.25, 0.3) is 0 Å². The average molecular weight is 380 g/mol. The minimum Gasteiger partial charge on any atom is -0.496 e. The van der Waals surface area contributed by atoms with E-state index in [1.54, 1.807) is 12.0 Å². The number of hydrogen-bond acceptors (Lipinski definition) is 3. The third kappa shape index (κ3) is 5.35. The monoisotopic (exact) mass is 380 g/mol. The molecule has 0 aromatic heterocycles. The molecule has 5 nitrogen and oxygen atoms in total. The molecule has 1 saturated heterocycles. The average Bonchev–Trinajstić information content (AvgIpc) is 3.11. The van der Waals surface area contributed by atoms with Crippen LogP contribution in [0.2, 0.25) is 0 Å². The number of nitrogens with one attached hydrogen (secondary N) is 1. The summed E-state index contributed by atoms with van der Waals surface area (Å²) in [6.45, 7) is 1.75. The normalized spacial score (nSPS) is 16.2. The van der Waals surface area contributed by atoms with E-state index in [9.17, 15) is 9.59 Å². The molecule has 5 heteroatoms. The predicted molar refractivity (Wildman–Crippen MR) is 109 cm³/mol. The molecular weight excluding hydrogens is 352 g/mol. The van der Waals surface area contributed by atoms with Crippen LogP contribution in [-0.4, -0.2) is 43.5 Å². The highest BCUT2D eigenvalue weighted by atomic mass is 16.5. The Labute approximate surface area is 166 Å². The van der Waals surface area contributed by atoms with Crippen LogP contribution in [-0.2, 0) is 22.4 Å². The maximum Gasteiger partial charge on any atom is 0.225 e. The molecule has 1 heterocycles. The van der Waals surface area contributed by atoms with Crippen molar-refractivity contribution in [3.63, 3.8) is 0 Å². The van der Waals surface area contributed by atoms with Gasteiger partial charge in [0.1, 0.15) is 5.75 Å². The van der Waals surface area contributed by atoms with E-state index in [4.69, 9.17) is 4.74 Å². The molecule has 148 valence electrons. The standard InChI is InChI=1S/C23H28N2O3/c1-28-21-12-6-5-11-19(21)13-15-25-17-20(16-22(25)26)23(27)24-14-7-10-18-8-3-2-4-9-18/h2-6,8-9,11-12,20H,7,10,13-17H2,1H3,(H,24,27). The van der Waals surface area contributed by atoms with Crippen LogP contribution in [0.3, 0.4) is 0 Å². The molecule has 0 aliphatic carbocycles. The highest BCUT2D eigenvalue weighted by molar-refractivity contribution is 5.89. The van der Waals surface area contributed by atoms with Crippen LogP contribution < -0.4 is 10.1 Å². The van der Waals surface area contributed by atoms with Crippen LogP contribution >= 0.6 is 0 Å². The zero-order valence-corrected chi connectivity index (χ0v) is 16.4. The molecule has 1 aliphatic heterocycles. The van der Waals surface area contributed by atoms with E-state index in [0.29, 0.717) is 26.1 Å². The molecule has 1 fully saturated rings. The first-order chi connectivity index (χ1) is 13.7.